The van der Waals surface area contributed by atoms with E-state index in [0.29, 0.717) is 41.0 Å². The number of carbonyl (C=O) groups is 1. The van der Waals surface area contributed by atoms with Crippen LogP contribution in [0, 0.1) is 0 Å². The molecule has 0 aliphatic rings. The maximum Gasteiger partial charge on any atom is 0.230 e. The molecule has 0 saturated carbocycles. The van der Waals surface area contributed by atoms with E-state index in [0.717, 1.165) is 26.3 Å². The second-order valence-electron chi connectivity index (χ2n) is 7.27. The highest BCUT2D eigenvalue weighted by Crippen LogP contribution is 2.46. The number of fused-ring (bicyclic) bond motifs is 2. The summed E-state index contributed by atoms with van der Waals surface area (Å²) in [6.45, 7) is 1.83. The van der Waals surface area contributed by atoms with Gasteiger partial charge >= 0.3 is 0 Å². The number of hydrogen-bond donors (Lipinski definition) is 1. The summed E-state index contributed by atoms with van der Waals surface area (Å²) in [4.78, 5) is 17.0. The number of aromatic nitrogens is 2. The van der Waals surface area contributed by atoms with Crippen molar-refractivity contribution in [3.8, 4) is 23.0 Å². The number of halogens is 1. The van der Waals surface area contributed by atoms with Gasteiger partial charge in [0.2, 0.25) is 11.9 Å². The van der Waals surface area contributed by atoms with Crippen molar-refractivity contribution in [1.29, 1.82) is 0 Å². The average molecular weight is 514 g/mol. The first-order chi connectivity index (χ1) is 15.9. The van der Waals surface area contributed by atoms with Gasteiger partial charge in [-0.05, 0) is 36.4 Å². The molecule has 3 aromatic carbocycles. The number of benzene rings is 3. The maximum atomic E-state index is 12.4. The molecule has 33 heavy (non-hydrogen) atoms. The molecule has 0 atom stereocenters. The molecule has 0 unspecified atom stereocenters. The lowest BCUT2D eigenvalue weighted by Crippen LogP contribution is -2.12. The van der Waals surface area contributed by atoms with Gasteiger partial charge in [0, 0.05) is 23.5 Å². The van der Waals surface area contributed by atoms with Gasteiger partial charge in [0.1, 0.15) is 23.0 Å². The second kappa shape index (κ2) is 9.19. The summed E-state index contributed by atoms with van der Waals surface area (Å²) in [7, 11) is 6.41. The summed E-state index contributed by atoms with van der Waals surface area (Å²) in [6, 6.07) is 11.1. The van der Waals surface area contributed by atoms with Gasteiger partial charge < -0.3 is 24.3 Å². The fourth-order valence-electron chi connectivity index (χ4n) is 4.02. The molecule has 4 aromatic rings. The predicted molar refractivity (Wildman–Crippen MR) is 131 cm³/mol. The summed E-state index contributed by atoms with van der Waals surface area (Å²) in [5.41, 5.74) is 2.23. The Balaban J connectivity index is 1.85. The van der Waals surface area contributed by atoms with Crippen LogP contribution in [0.2, 0.25) is 0 Å². The Bertz CT molecular complexity index is 1370. The molecule has 0 aliphatic heterocycles. The molecule has 0 bridgehead atoms. The second-order valence-corrected chi connectivity index (χ2v) is 8.18. The fraction of sp³-hybridized carbons (Fsp3) is 0.250. The number of anilines is 1. The Morgan fingerprint density at radius 2 is 1.61 bits per heavy atom. The van der Waals surface area contributed by atoms with Gasteiger partial charge in [0.15, 0.2) is 0 Å². The van der Waals surface area contributed by atoms with Gasteiger partial charge in [-0.25, -0.2) is 9.55 Å². The molecule has 0 saturated heterocycles. The average Bonchev–Trinajstić information content (AvgIpc) is 3.18. The number of methoxy groups -OCH3 is 4. The Labute approximate surface area is 199 Å². The minimum Gasteiger partial charge on any atom is -0.496 e. The third kappa shape index (κ3) is 3.93. The summed E-state index contributed by atoms with van der Waals surface area (Å²) < 4.78 is 25.1. The number of nitrogens with one attached hydrogen (secondary N) is 1. The zero-order chi connectivity index (χ0) is 23.7. The van der Waals surface area contributed by atoms with Gasteiger partial charge in [-0.2, -0.15) is 0 Å². The fourth-order valence-corrected chi connectivity index (χ4v) is 4.37. The van der Waals surface area contributed by atoms with Crippen LogP contribution < -0.4 is 24.3 Å². The first-order valence-electron chi connectivity index (χ1n) is 10.1. The molecule has 172 valence electrons. The van der Waals surface area contributed by atoms with E-state index in [2.05, 4.69) is 26.2 Å². The van der Waals surface area contributed by atoms with Crippen LogP contribution in [0.3, 0.4) is 0 Å². The van der Waals surface area contributed by atoms with Crippen molar-refractivity contribution in [2.45, 2.75) is 13.5 Å². The normalized spacial score (nSPS) is 11.0. The van der Waals surface area contributed by atoms with Crippen LogP contribution in [0.1, 0.15) is 17.3 Å². The van der Waals surface area contributed by atoms with Gasteiger partial charge in [0.25, 0.3) is 0 Å². The van der Waals surface area contributed by atoms with E-state index < -0.39 is 0 Å². The SMILES string of the molecule is COc1ccc(OC)c2c(OC)c(CNc3nc4cc(Br)ccc4n3C(C)=O)cc(OC)c12. The zero-order valence-corrected chi connectivity index (χ0v) is 20.6. The van der Waals surface area contributed by atoms with Crippen LogP contribution in [0.4, 0.5) is 5.95 Å². The number of imidazole rings is 1. The molecule has 8 nitrogen and oxygen atoms in total. The Hall–Kier alpha value is -3.46. The highest BCUT2D eigenvalue weighted by molar-refractivity contribution is 9.10. The van der Waals surface area contributed by atoms with Gasteiger partial charge in [-0.1, -0.05) is 15.9 Å². The van der Waals surface area contributed by atoms with Crippen molar-refractivity contribution < 1.29 is 23.7 Å². The van der Waals surface area contributed by atoms with Crippen LogP contribution in [0.5, 0.6) is 23.0 Å². The van der Waals surface area contributed by atoms with E-state index in [1.807, 2.05) is 36.4 Å². The Morgan fingerprint density at radius 3 is 2.21 bits per heavy atom. The largest absolute Gasteiger partial charge is 0.496 e. The van der Waals surface area contributed by atoms with Crippen LogP contribution in [-0.2, 0) is 6.54 Å². The standard InChI is InChI=1S/C24H24BrN3O5/c1-13(29)28-17-7-6-15(25)11-16(17)27-24(28)26-12-14-10-20(32-4)21-18(30-2)8-9-19(31-3)22(21)23(14)33-5/h6-11H,12H2,1-5H3,(H,26,27). The monoisotopic (exact) mass is 513 g/mol. The number of hydrogen-bond acceptors (Lipinski definition) is 7. The van der Waals surface area contributed by atoms with Crippen molar-refractivity contribution in [1.82, 2.24) is 9.55 Å². The molecule has 0 radical (unpaired) electrons. The molecular weight excluding hydrogens is 490 g/mol. The van der Waals surface area contributed by atoms with Gasteiger partial charge in [-0.15, -0.1) is 0 Å². The number of ether oxygens (including phenoxy) is 4. The molecule has 4 rings (SSSR count). The van der Waals surface area contributed by atoms with Crippen molar-refractivity contribution in [3.63, 3.8) is 0 Å². The van der Waals surface area contributed by atoms with Crippen LogP contribution in [-0.4, -0.2) is 43.9 Å². The lowest BCUT2D eigenvalue weighted by molar-refractivity contribution is 0.0943. The smallest absolute Gasteiger partial charge is 0.230 e. The first kappa shape index (κ1) is 22.7. The summed E-state index contributed by atoms with van der Waals surface area (Å²) in [5, 5.41) is 4.77. The molecular formula is C24H24BrN3O5. The van der Waals surface area contributed by atoms with Crippen LogP contribution in [0.15, 0.2) is 40.9 Å². The zero-order valence-electron chi connectivity index (χ0n) is 19.0. The molecule has 0 fully saturated rings. The lowest BCUT2D eigenvalue weighted by Gasteiger charge is -2.19. The number of nitrogens with zero attached hydrogens (tertiary/aromatic N) is 2. The van der Waals surface area contributed by atoms with Crippen LogP contribution in [0.25, 0.3) is 21.8 Å². The molecule has 9 heteroatoms. The molecule has 0 aliphatic carbocycles. The summed E-state index contributed by atoms with van der Waals surface area (Å²) in [5.74, 6) is 2.80. The Morgan fingerprint density at radius 1 is 0.939 bits per heavy atom. The van der Waals surface area contributed by atoms with E-state index in [1.165, 1.54) is 6.92 Å². The van der Waals surface area contributed by atoms with Gasteiger partial charge in [-0.3, -0.25) is 4.79 Å². The third-order valence-electron chi connectivity index (χ3n) is 5.43. The first-order valence-corrected chi connectivity index (χ1v) is 10.9. The lowest BCUT2D eigenvalue weighted by atomic mass is 10.0. The quantitative estimate of drug-likeness (QED) is 0.360. The van der Waals surface area contributed by atoms with Gasteiger partial charge in [0.05, 0.1) is 50.2 Å². The van der Waals surface area contributed by atoms with E-state index in [4.69, 9.17) is 18.9 Å². The summed E-state index contributed by atoms with van der Waals surface area (Å²) in [6.07, 6.45) is 0. The number of rotatable bonds is 7. The highest BCUT2D eigenvalue weighted by Gasteiger charge is 2.22. The topological polar surface area (TPSA) is 83.8 Å². The molecule has 0 spiro atoms. The Kier molecular flexibility index (Phi) is 6.33. The van der Waals surface area contributed by atoms with E-state index >= 15 is 0 Å². The minimum absolute atomic E-state index is 0.142. The van der Waals surface area contributed by atoms with Crippen molar-refractivity contribution >= 4 is 49.6 Å². The van der Waals surface area contributed by atoms with E-state index in [1.54, 1.807) is 33.0 Å². The van der Waals surface area contributed by atoms with Crippen molar-refractivity contribution in [3.05, 3.63) is 46.4 Å². The van der Waals surface area contributed by atoms with Crippen molar-refractivity contribution in [2.24, 2.45) is 0 Å². The van der Waals surface area contributed by atoms with Crippen LogP contribution >= 0.6 is 15.9 Å². The molecule has 1 N–H and O–H groups in total. The van der Waals surface area contributed by atoms with E-state index in [9.17, 15) is 4.79 Å². The number of carbonyl (C=O) groups excluding carboxylic acids is 1. The third-order valence-corrected chi connectivity index (χ3v) is 5.92. The minimum atomic E-state index is -0.142. The highest BCUT2D eigenvalue weighted by atomic mass is 79.9. The summed E-state index contributed by atoms with van der Waals surface area (Å²) >= 11 is 3.45. The molecule has 1 heterocycles. The van der Waals surface area contributed by atoms with E-state index in [-0.39, 0.29) is 5.91 Å². The predicted octanol–water partition coefficient (Wildman–Crippen LogP) is 5.26. The molecule has 0 amide bonds. The maximum absolute atomic E-state index is 12.4. The molecule has 1 aromatic heterocycles. The van der Waals surface area contributed by atoms with Crippen molar-refractivity contribution in [2.75, 3.05) is 33.8 Å².